The first-order chi connectivity index (χ1) is 16.0. The van der Waals surface area contributed by atoms with Gasteiger partial charge in [0.25, 0.3) is 0 Å². The van der Waals surface area contributed by atoms with Gasteiger partial charge in [0.05, 0.1) is 10.1 Å². The van der Waals surface area contributed by atoms with Crippen LogP contribution in [-0.4, -0.2) is 0 Å². The van der Waals surface area contributed by atoms with Crippen molar-refractivity contribution in [3.63, 3.8) is 0 Å². The van der Waals surface area contributed by atoms with Gasteiger partial charge in [0.1, 0.15) is 0 Å². The van der Waals surface area contributed by atoms with Gasteiger partial charge in [-0.25, -0.2) is 0 Å². The third-order valence-corrected chi connectivity index (χ3v) is 7.86. The summed E-state index contributed by atoms with van der Waals surface area (Å²) in [6.07, 6.45) is 0. The van der Waals surface area contributed by atoms with Crippen LogP contribution >= 0.6 is 30.5 Å². The normalized spacial score (nSPS) is 12.4. The molecule has 0 aliphatic rings. The molecule has 0 saturated carbocycles. The van der Waals surface area contributed by atoms with Crippen molar-refractivity contribution in [2.75, 3.05) is 5.09 Å². The highest BCUT2D eigenvalue weighted by molar-refractivity contribution is 7.72. The highest BCUT2D eigenvalue weighted by atomic mass is 35.5. The van der Waals surface area contributed by atoms with Crippen molar-refractivity contribution in [2.24, 2.45) is 0 Å². The summed E-state index contributed by atoms with van der Waals surface area (Å²) in [6, 6.07) is 36.8. The van der Waals surface area contributed by atoms with Crippen LogP contribution in [0, 0.1) is 0 Å². The SMILES string of the molecule is O=P(/C=C(\Cl)c1ccccc1)(/C=C(\Cl)c1ccccc1)Nc1ccc(-c2ccccc2)cc1. The van der Waals surface area contributed by atoms with Crippen LogP contribution in [0.1, 0.15) is 11.1 Å². The van der Waals surface area contributed by atoms with E-state index in [1.54, 1.807) is 11.6 Å². The van der Waals surface area contributed by atoms with E-state index in [4.69, 9.17) is 23.2 Å². The summed E-state index contributed by atoms with van der Waals surface area (Å²) in [5, 5.41) is 3.95. The van der Waals surface area contributed by atoms with Crippen LogP contribution in [0.5, 0.6) is 0 Å². The fraction of sp³-hybridized carbons (Fsp3) is 0. The summed E-state index contributed by atoms with van der Waals surface area (Å²) in [4.78, 5) is 0. The van der Waals surface area contributed by atoms with E-state index in [1.165, 1.54) is 0 Å². The summed E-state index contributed by atoms with van der Waals surface area (Å²) in [6.45, 7) is 0. The number of hydrogen-bond acceptors (Lipinski definition) is 1. The Hall–Kier alpha value is -3.03. The number of nitrogens with one attached hydrogen (secondary N) is 1. The molecular formula is C28H22Cl2NOP. The lowest BCUT2D eigenvalue weighted by Crippen LogP contribution is -1.94. The van der Waals surface area contributed by atoms with Crippen LogP contribution in [0.2, 0.25) is 0 Å². The van der Waals surface area contributed by atoms with E-state index in [2.05, 4.69) is 17.2 Å². The van der Waals surface area contributed by atoms with E-state index in [1.807, 2.05) is 103 Å². The molecule has 0 saturated heterocycles. The topological polar surface area (TPSA) is 29.1 Å². The second kappa shape index (κ2) is 10.7. The van der Waals surface area contributed by atoms with Crippen LogP contribution in [-0.2, 0) is 4.57 Å². The average Bonchev–Trinajstić information content (AvgIpc) is 2.86. The van der Waals surface area contributed by atoms with Gasteiger partial charge in [-0.05, 0) is 34.4 Å². The Balaban J connectivity index is 1.69. The monoisotopic (exact) mass is 489 g/mol. The molecular weight excluding hydrogens is 468 g/mol. The minimum atomic E-state index is -3.31. The first kappa shape index (κ1) is 23.1. The van der Waals surface area contributed by atoms with E-state index in [0.29, 0.717) is 15.8 Å². The van der Waals surface area contributed by atoms with Gasteiger partial charge in [-0.3, -0.25) is 4.57 Å². The maximum Gasteiger partial charge on any atom is 0.216 e. The maximum atomic E-state index is 14.1. The predicted molar refractivity (Wildman–Crippen MR) is 144 cm³/mol. The van der Waals surface area contributed by atoms with Gasteiger partial charge < -0.3 is 5.09 Å². The third-order valence-electron chi connectivity index (χ3n) is 5.01. The molecule has 0 heterocycles. The lowest BCUT2D eigenvalue weighted by molar-refractivity contribution is 0.589. The maximum absolute atomic E-state index is 14.1. The quantitative estimate of drug-likeness (QED) is 0.262. The molecule has 1 N–H and O–H groups in total. The molecule has 164 valence electrons. The highest BCUT2D eigenvalue weighted by Crippen LogP contribution is 2.53. The van der Waals surface area contributed by atoms with Crippen molar-refractivity contribution in [2.45, 2.75) is 0 Å². The lowest BCUT2D eigenvalue weighted by atomic mass is 10.1. The van der Waals surface area contributed by atoms with Crippen molar-refractivity contribution in [1.29, 1.82) is 0 Å². The van der Waals surface area contributed by atoms with E-state index >= 15 is 0 Å². The summed E-state index contributed by atoms with van der Waals surface area (Å²) in [5.74, 6) is 3.11. The van der Waals surface area contributed by atoms with E-state index < -0.39 is 7.29 Å². The molecule has 0 aliphatic carbocycles. The van der Waals surface area contributed by atoms with Gasteiger partial charge in [-0.1, -0.05) is 126 Å². The van der Waals surface area contributed by atoms with E-state index in [-0.39, 0.29) is 0 Å². The van der Waals surface area contributed by atoms with Crippen LogP contribution in [0.4, 0.5) is 5.69 Å². The van der Waals surface area contributed by atoms with Crippen LogP contribution in [0.3, 0.4) is 0 Å². The molecule has 0 amide bonds. The number of benzene rings is 4. The predicted octanol–water partition coefficient (Wildman–Crippen LogP) is 9.52. The Morgan fingerprint density at radius 2 is 0.970 bits per heavy atom. The molecule has 0 spiro atoms. The number of rotatable bonds is 7. The van der Waals surface area contributed by atoms with Gasteiger partial charge in [0, 0.05) is 17.3 Å². The number of hydrogen-bond donors (Lipinski definition) is 1. The van der Waals surface area contributed by atoms with Crippen molar-refractivity contribution in [3.8, 4) is 11.1 Å². The molecule has 0 atom stereocenters. The average molecular weight is 490 g/mol. The van der Waals surface area contributed by atoms with Gasteiger partial charge in [0.15, 0.2) is 0 Å². The highest BCUT2D eigenvalue weighted by Gasteiger charge is 2.19. The summed E-state index contributed by atoms with van der Waals surface area (Å²) >= 11 is 13.1. The zero-order valence-electron chi connectivity index (χ0n) is 17.7. The standard InChI is InChI=1S/C28H22Cl2NOP/c29-27(24-12-6-2-7-13-24)20-33(32,21-28(30)25-14-8-3-9-15-25)31-26-18-16-23(17-19-26)22-10-4-1-5-11-22/h1-21H,(H,31,32)/b27-20-,28-21-. The van der Waals surface area contributed by atoms with E-state index in [9.17, 15) is 4.57 Å². The Morgan fingerprint density at radius 1 is 0.576 bits per heavy atom. The molecule has 0 bridgehead atoms. The van der Waals surface area contributed by atoms with Crippen molar-refractivity contribution in [1.82, 2.24) is 0 Å². The van der Waals surface area contributed by atoms with E-state index in [0.717, 1.165) is 22.3 Å². The van der Waals surface area contributed by atoms with Crippen molar-refractivity contribution in [3.05, 3.63) is 138 Å². The smallest absolute Gasteiger partial charge is 0.216 e. The van der Waals surface area contributed by atoms with Gasteiger partial charge >= 0.3 is 0 Å². The van der Waals surface area contributed by atoms with Gasteiger partial charge in [-0.2, -0.15) is 0 Å². The molecule has 5 heteroatoms. The zero-order chi connectivity index (χ0) is 23.1. The van der Waals surface area contributed by atoms with Crippen molar-refractivity contribution < 1.29 is 4.57 Å². The second-order valence-electron chi connectivity index (χ2n) is 7.45. The molecule has 0 unspecified atom stereocenters. The molecule has 0 radical (unpaired) electrons. The first-order valence-electron chi connectivity index (χ1n) is 10.4. The van der Waals surface area contributed by atoms with Gasteiger partial charge in [-0.15, -0.1) is 0 Å². The molecule has 33 heavy (non-hydrogen) atoms. The van der Waals surface area contributed by atoms with Crippen molar-refractivity contribution >= 4 is 46.2 Å². The molecule has 0 fully saturated rings. The number of anilines is 1. The fourth-order valence-electron chi connectivity index (χ4n) is 3.35. The second-order valence-corrected chi connectivity index (χ2v) is 10.4. The zero-order valence-corrected chi connectivity index (χ0v) is 20.1. The minimum Gasteiger partial charge on any atom is -0.330 e. The lowest BCUT2D eigenvalue weighted by Gasteiger charge is -2.16. The van der Waals surface area contributed by atoms with Gasteiger partial charge in [0.2, 0.25) is 7.29 Å². The Labute approximate surface area is 204 Å². The third kappa shape index (κ3) is 6.27. The molecule has 4 rings (SSSR count). The molecule has 4 aromatic carbocycles. The Bertz CT molecular complexity index is 1240. The minimum absolute atomic E-state index is 0.390. The molecule has 2 nitrogen and oxygen atoms in total. The molecule has 0 aliphatic heterocycles. The van der Waals surface area contributed by atoms with Crippen LogP contribution in [0.25, 0.3) is 21.2 Å². The number of halogens is 2. The summed E-state index contributed by atoms with van der Waals surface area (Å²) < 4.78 is 14.1. The largest absolute Gasteiger partial charge is 0.330 e. The molecule has 0 aromatic heterocycles. The summed E-state index contributed by atoms with van der Waals surface area (Å²) in [7, 11) is -3.31. The Kier molecular flexibility index (Phi) is 7.52. The summed E-state index contributed by atoms with van der Waals surface area (Å²) in [5.41, 5.74) is 4.47. The van der Waals surface area contributed by atoms with Crippen LogP contribution in [0.15, 0.2) is 127 Å². The first-order valence-corrected chi connectivity index (χ1v) is 13.0. The van der Waals surface area contributed by atoms with Crippen LogP contribution < -0.4 is 5.09 Å². The fourth-order valence-corrected chi connectivity index (χ4v) is 6.20. The Morgan fingerprint density at radius 3 is 1.42 bits per heavy atom. The molecule has 4 aromatic rings.